The zero-order chi connectivity index (χ0) is 30.6. The number of hydrogen-bond donors (Lipinski definition) is 3. The largest absolute Gasteiger partial charge is 0.478 e. The summed E-state index contributed by atoms with van der Waals surface area (Å²) in [6, 6.07) is 7.67. The molecule has 0 saturated heterocycles. The first-order valence-corrected chi connectivity index (χ1v) is 14.8. The average Bonchev–Trinajstić information content (AvgIpc) is 2.95. The zero-order valence-electron chi connectivity index (χ0n) is 24.8. The number of rotatable bonds is 18. The second-order valence-corrected chi connectivity index (χ2v) is 10.6. The molecule has 2 aromatic rings. The molecule has 224 valence electrons. The maximum atomic E-state index is 13.9. The lowest BCUT2D eigenvalue weighted by Crippen LogP contribution is -2.35. The molecule has 0 aromatic heterocycles. The number of unbranched alkanes of at least 4 members (excludes halogenated alkanes) is 4. The first kappa shape index (κ1) is 33.5. The Morgan fingerprint density at radius 3 is 1.61 bits per heavy atom. The van der Waals surface area contributed by atoms with Gasteiger partial charge in [-0.05, 0) is 80.2 Å². The maximum absolute atomic E-state index is 13.9. The van der Waals surface area contributed by atoms with Gasteiger partial charge in [0.2, 0.25) is 0 Å². The van der Waals surface area contributed by atoms with Crippen molar-refractivity contribution in [3.8, 4) is 0 Å². The summed E-state index contributed by atoms with van der Waals surface area (Å²) in [5.41, 5.74) is -0.224. The summed E-state index contributed by atoms with van der Waals surface area (Å²) in [5, 5.41) is 29.0. The van der Waals surface area contributed by atoms with Crippen LogP contribution >= 0.6 is 0 Å². The second kappa shape index (κ2) is 15.9. The average molecular weight is 569 g/mol. The fraction of sp³-hybridized carbons (Fsp3) is 0.515. The first-order valence-electron chi connectivity index (χ1n) is 14.8. The molecule has 0 aliphatic carbocycles. The van der Waals surface area contributed by atoms with Crippen molar-refractivity contribution in [3.63, 3.8) is 0 Å². The molecule has 3 N–H and O–H groups in total. The van der Waals surface area contributed by atoms with E-state index >= 15 is 0 Å². The molecule has 8 nitrogen and oxygen atoms in total. The molecule has 0 saturated carbocycles. The number of carboxylic acids is 3. The van der Waals surface area contributed by atoms with Gasteiger partial charge in [-0.2, -0.15) is 0 Å². The summed E-state index contributed by atoms with van der Waals surface area (Å²) in [7, 11) is 0. The Bertz CT molecular complexity index is 1220. The number of carbonyl (C=O) groups is 4. The lowest BCUT2D eigenvalue weighted by atomic mass is 9.78. The smallest absolute Gasteiger partial charge is 0.339 e. The Labute approximate surface area is 242 Å². The predicted octanol–water partition coefficient (Wildman–Crippen LogP) is 7.90. The Balaban J connectivity index is 2.82. The van der Waals surface area contributed by atoms with Gasteiger partial charge in [0.1, 0.15) is 5.60 Å². The highest BCUT2D eigenvalue weighted by Gasteiger charge is 2.39. The van der Waals surface area contributed by atoms with Gasteiger partial charge in [-0.1, -0.05) is 71.6 Å². The van der Waals surface area contributed by atoms with Gasteiger partial charge in [-0.15, -0.1) is 0 Å². The lowest BCUT2D eigenvalue weighted by Gasteiger charge is -2.37. The third kappa shape index (κ3) is 8.41. The number of carboxylic acid groups (broad SMARTS) is 3. The quantitative estimate of drug-likeness (QED) is 0.154. The number of aromatic carboxylic acids is 3. The Morgan fingerprint density at radius 2 is 1.12 bits per heavy atom. The number of benzene rings is 2. The minimum Gasteiger partial charge on any atom is -0.478 e. The second-order valence-electron chi connectivity index (χ2n) is 10.6. The SMILES string of the molecule is CCCCc1cccc(C(CCCC)(CCCC)OC(=O)c2cc(C(=O)O)c(C(=O)O)cc2C(=O)O)c1CCCC. The van der Waals surface area contributed by atoms with Crippen molar-refractivity contribution in [2.24, 2.45) is 0 Å². The molecule has 0 fully saturated rings. The molecule has 41 heavy (non-hydrogen) atoms. The standard InChI is InChI=1S/C33H44O8/c1-5-9-14-22-15-13-17-28(23(22)16-10-6-2)33(18-11-7-3,19-12-8-4)41-32(40)27-21-25(30(36)37)24(29(34)35)20-26(27)31(38)39/h13,15,17,20-21H,5-12,14,16,18-19H2,1-4H3,(H,34,35)(H,36,37)(H,38,39). The Morgan fingerprint density at radius 1 is 0.659 bits per heavy atom. The molecule has 0 aliphatic heterocycles. The van der Waals surface area contributed by atoms with E-state index in [0.717, 1.165) is 87.5 Å². The highest BCUT2D eigenvalue weighted by Crippen LogP contribution is 2.41. The number of aryl methyl sites for hydroxylation is 1. The van der Waals surface area contributed by atoms with Crippen molar-refractivity contribution < 1.29 is 39.2 Å². The summed E-state index contributed by atoms with van der Waals surface area (Å²) >= 11 is 0. The third-order valence-electron chi connectivity index (χ3n) is 7.57. The van der Waals surface area contributed by atoms with Gasteiger partial charge in [0.15, 0.2) is 0 Å². The highest BCUT2D eigenvalue weighted by molar-refractivity contribution is 6.09. The van der Waals surface area contributed by atoms with Gasteiger partial charge in [0, 0.05) is 0 Å². The van der Waals surface area contributed by atoms with Crippen molar-refractivity contribution in [3.05, 3.63) is 69.3 Å². The molecule has 0 aliphatic rings. The van der Waals surface area contributed by atoms with Crippen molar-refractivity contribution >= 4 is 23.9 Å². The van der Waals surface area contributed by atoms with Crippen LogP contribution in [0.4, 0.5) is 0 Å². The van der Waals surface area contributed by atoms with Crippen LogP contribution in [0.1, 0.15) is 150 Å². The van der Waals surface area contributed by atoms with Gasteiger partial charge < -0.3 is 20.1 Å². The monoisotopic (exact) mass is 568 g/mol. The molecule has 0 unspecified atom stereocenters. The maximum Gasteiger partial charge on any atom is 0.339 e. The first-order chi connectivity index (χ1) is 19.6. The van der Waals surface area contributed by atoms with Gasteiger partial charge in [0.25, 0.3) is 0 Å². The van der Waals surface area contributed by atoms with E-state index in [4.69, 9.17) is 4.74 Å². The molecule has 8 heteroatoms. The summed E-state index contributed by atoms with van der Waals surface area (Å²) in [5.74, 6) is -5.71. The van der Waals surface area contributed by atoms with Crippen molar-refractivity contribution in [2.75, 3.05) is 0 Å². The molecule has 0 bridgehead atoms. The van der Waals surface area contributed by atoms with Gasteiger partial charge >= 0.3 is 23.9 Å². The van der Waals surface area contributed by atoms with E-state index < -0.39 is 51.7 Å². The van der Waals surface area contributed by atoms with Crippen LogP contribution < -0.4 is 0 Å². The zero-order valence-corrected chi connectivity index (χ0v) is 24.8. The molecular formula is C33H44O8. The molecule has 2 aromatic carbocycles. The summed E-state index contributed by atoms with van der Waals surface area (Å²) in [6.07, 6.45) is 9.99. The predicted molar refractivity (Wildman–Crippen MR) is 157 cm³/mol. The number of carbonyl (C=O) groups excluding carboxylic acids is 1. The van der Waals surface area contributed by atoms with E-state index in [9.17, 15) is 34.5 Å². The van der Waals surface area contributed by atoms with E-state index in [1.54, 1.807) is 0 Å². The molecular weight excluding hydrogens is 524 g/mol. The highest BCUT2D eigenvalue weighted by atomic mass is 16.6. The molecule has 0 heterocycles. The van der Waals surface area contributed by atoms with Crippen LogP contribution in [0.3, 0.4) is 0 Å². The number of esters is 1. The summed E-state index contributed by atoms with van der Waals surface area (Å²) in [4.78, 5) is 49.6. The van der Waals surface area contributed by atoms with Crippen molar-refractivity contribution in [1.29, 1.82) is 0 Å². The lowest BCUT2D eigenvalue weighted by molar-refractivity contribution is -0.0342. The van der Waals surface area contributed by atoms with Gasteiger partial charge in [-0.3, -0.25) is 0 Å². The topological polar surface area (TPSA) is 138 Å². The van der Waals surface area contributed by atoms with Crippen LogP contribution in [-0.2, 0) is 23.2 Å². The minimum absolute atomic E-state index is 0.477. The van der Waals surface area contributed by atoms with E-state index in [-0.39, 0.29) is 0 Å². The minimum atomic E-state index is -1.60. The van der Waals surface area contributed by atoms with Crippen LogP contribution in [0, 0.1) is 0 Å². The Kier molecular flexibility index (Phi) is 13.0. The fourth-order valence-electron chi connectivity index (χ4n) is 5.32. The number of ether oxygens (including phenoxy) is 1. The third-order valence-corrected chi connectivity index (χ3v) is 7.57. The van der Waals surface area contributed by atoms with Gasteiger partial charge in [-0.25, -0.2) is 19.2 Å². The normalized spacial score (nSPS) is 11.3. The number of hydrogen-bond acceptors (Lipinski definition) is 5. The molecule has 0 radical (unpaired) electrons. The van der Waals surface area contributed by atoms with Crippen LogP contribution in [0.25, 0.3) is 0 Å². The van der Waals surface area contributed by atoms with Crippen molar-refractivity contribution in [2.45, 2.75) is 110 Å². The van der Waals surface area contributed by atoms with Crippen LogP contribution in [0.2, 0.25) is 0 Å². The molecule has 0 spiro atoms. The van der Waals surface area contributed by atoms with Gasteiger partial charge in [0.05, 0.1) is 22.3 Å². The van der Waals surface area contributed by atoms with E-state index in [1.165, 1.54) is 5.56 Å². The van der Waals surface area contributed by atoms with Crippen LogP contribution in [0.5, 0.6) is 0 Å². The van der Waals surface area contributed by atoms with Crippen LogP contribution in [-0.4, -0.2) is 39.2 Å². The summed E-state index contributed by atoms with van der Waals surface area (Å²) < 4.78 is 6.38. The summed E-state index contributed by atoms with van der Waals surface area (Å²) in [6.45, 7) is 8.37. The fourth-order valence-corrected chi connectivity index (χ4v) is 5.32. The van der Waals surface area contributed by atoms with E-state index in [2.05, 4.69) is 19.9 Å². The molecule has 0 amide bonds. The van der Waals surface area contributed by atoms with Crippen molar-refractivity contribution in [1.82, 2.24) is 0 Å². The molecule has 2 rings (SSSR count). The Hall–Kier alpha value is -3.68. The molecule has 0 atom stereocenters. The van der Waals surface area contributed by atoms with E-state index in [1.807, 2.05) is 26.0 Å². The van der Waals surface area contributed by atoms with E-state index in [0.29, 0.717) is 12.8 Å². The van der Waals surface area contributed by atoms with Crippen LogP contribution in [0.15, 0.2) is 30.3 Å².